The normalized spacial score (nSPS) is 11.8. The minimum absolute atomic E-state index is 0.0269. The summed E-state index contributed by atoms with van der Waals surface area (Å²) in [5.74, 6) is -1.51. The molecule has 16 heavy (non-hydrogen) atoms. The van der Waals surface area contributed by atoms with Gasteiger partial charge in [0.25, 0.3) is 0 Å². The molecule has 0 saturated heterocycles. The van der Waals surface area contributed by atoms with Crippen LogP contribution in [0.1, 0.15) is 12.5 Å². The number of aromatic hydroxyl groups is 1. The van der Waals surface area contributed by atoms with Gasteiger partial charge in [-0.25, -0.2) is 4.79 Å². The third-order valence-electron chi connectivity index (χ3n) is 2.09. The Morgan fingerprint density at radius 1 is 1.38 bits per heavy atom. The number of carbonyl (C=O) groups is 2. The minimum atomic E-state index is -1.13. The van der Waals surface area contributed by atoms with Crippen molar-refractivity contribution in [2.75, 3.05) is 0 Å². The van der Waals surface area contributed by atoms with Gasteiger partial charge in [-0.3, -0.25) is 4.79 Å². The lowest BCUT2D eigenvalue weighted by atomic mass is 10.1. The molecule has 1 amide bonds. The molecule has 0 saturated carbocycles. The standard InChI is InChI=1S/C11H13NO4/c1-7(13)12-9(11(15)16)6-8-4-2-3-5-10(8)14/h2-5,9,14H,6H2,1H3,(H,12,13)(H,15,16)/t9-/m1/s1. The molecule has 0 heterocycles. The third-order valence-corrected chi connectivity index (χ3v) is 2.09. The van der Waals surface area contributed by atoms with E-state index >= 15 is 0 Å². The molecule has 1 rings (SSSR count). The Labute approximate surface area is 92.7 Å². The van der Waals surface area contributed by atoms with Gasteiger partial charge >= 0.3 is 5.97 Å². The van der Waals surface area contributed by atoms with E-state index in [1.807, 2.05) is 0 Å². The van der Waals surface area contributed by atoms with Crippen LogP contribution in [0, 0.1) is 0 Å². The summed E-state index contributed by atoms with van der Waals surface area (Å²) in [5.41, 5.74) is 0.489. The van der Waals surface area contributed by atoms with Crippen LogP contribution in [0.2, 0.25) is 0 Å². The van der Waals surface area contributed by atoms with Crippen LogP contribution in [0.4, 0.5) is 0 Å². The summed E-state index contributed by atoms with van der Waals surface area (Å²) in [5, 5.41) is 20.7. The van der Waals surface area contributed by atoms with E-state index in [9.17, 15) is 14.7 Å². The number of hydrogen-bond donors (Lipinski definition) is 3. The zero-order chi connectivity index (χ0) is 12.1. The van der Waals surface area contributed by atoms with Crippen LogP contribution in [0.5, 0.6) is 5.75 Å². The van der Waals surface area contributed by atoms with E-state index in [1.54, 1.807) is 18.2 Å². The summed E-state index contributed by atoms with van der Waals surface area (Å²) < 4.78 is 0. The molecule has 0 aliphatic heterocycles. The van der Waals surface area contributed by atoms with E-state index in [0.29, 0.717) is 5.56 Å². The maximum atomic E-state index is 10.9. The summed E-state index contributed by atoms with van der Waals surface area (Å²) in [6, 6.07) is 5.41. The van der Waals surface area contributed by atoms with Crippen molar-refractivity contribution in [2.45, 2.75) is 19.4 Å². The van der Waals surface area contributed by atoms with Crippen molar-refractivity contribution in [3.63, 3.8) is 0 Å². The summed E-state index contributed by atoms with van der Waals surface area (Å²) in [4.78, 5) is 21.7. The number of phenolic OH excluding ortho intramolecular Hbond substituents is 1. The van der Waals surface area contributed by atoms with Gasteiger partial charge in [0, 0.05) is 13.3 Å². The Morgan fingerprint density at radius 2 is 2.00 bits per heavy atom. The molecular weight excluding hydrogens is 210 g/mol. The second-order valence-corrected chi connectivity index (χ2v) is 3.42. The lowest BCUT2D eigenvalue weighted by Crippen LogP contribution is -2.41. The van der Waals surface area contributed by atoms with Crippen molar-refractivity contribution >= 4 is 11.9 Å². The molecule has 86 valence electrons. The third kappa shape index (κ3) is 3.27. The lowest BCUT2D eigenvalue weighted by molar-refractivity contribution is -0.141. The highest BCUT2D eigenvalue weighted by Gasteiger charge is 2.19. The van der Waals surface area contributed by atoms with Crippen molar-refractivity contribution in [3.05, 3.63) is 29.8 Å². The van der Waals surface area contributed by atoms with E-state index in [0.717, 1.165) is 0 Å². The first-order valence-corrected chi connectivity index (χ1v) is 4.77. The van der Waals surface area contributed by atoms with E-state index in [-0.39, 0.29) is 12.2 Å². The van der Waals surface area contributed by atoms with Crippen LogP contribution in [-0.4, -0.2) is 28.1 Å². The highest BCUT2D eigenvalue weighted by molar-refractivity contribution is 5.82. The first kappa shape index (κ1) is 12.0. The van der Waals surface area contributed by atoms with Gasteiger partial charge in [0.15, 0.2) is 0 Å². The highest BCUT2D eigenvalue weighted by atomic mass is 16.4. The molecule has 0 spiro atoms. The van der Waals surface area contributed by atoms with Crippen molar-refractivity contribution in [1.29, 1.82) is 0 Å². The monoisotopic (exact) mass is 223 g/mol. The predicted molar refractivity (Wildman–Crippen MR) is 57.1 cm³/mol. The zero-order valence-electron chi connectivity index (χ0n) is 8.80. The molecule has 1 atom stereocenters. The molecule has 5 nitrogen and oxygen atoms in total. The molecule has 0 aliphatic carbocycles. The van der Waals surface area contributed by atoms with E-state index in [1.165, 1.54) is 13.0 Å². The summed E-state index contributed by atoms with van der Waals surface area (Å²) in [6.07, 6.45) is 0.0571. The number of carboxylic acids is 1. The fourth-order valence-electron chi connectivity index (χ4n) is 1.35. The van der Waals surface area contributed by atoms with Crippen molar-refractivity contribution in [2.24, 2.45) is 0 Å². The number of benzene rings is 1. The molecule has 3 N–H and O–H groups in total. The number of aliphatic carboxylic acids is 1. The number of carbonyl (C=O) groups excluding carboxylic acids is 1. The Balaban J connectivity index is 2.80. The fourth-order valence-corrected chi connectivity index (χ4v) is 1.35. The average molecular weight is 223 g/mol. The number of hydrogen-bond acceptors (Lipinski definition) is 3. The molecule has 0 fully saturated rings. The van der Waals surface area contributed by atoms with Crippen LogP contribution in [0.15, 0.2) is 24.3 Å². The number of carboxylic acid groups (broad SMARTS) is 1. The number of amides is 1. The highest BCUT2D eigenvalue weighted by Crippen LogP contribution is 2.17. The zero-order valence-corrected chi connectivity index (χ0v) is 8.80. The Hall–Kier alpha value is -2.04. The summed E-state index contributed by atoms with van der Waals surface area (Å²) in [6.45, 7) is 1.25. The van der Waals surface area contributed by atoms with Gasteiger partial charge in [-0.05, 0) is 11.6 Å². The topological polar surface area (TPSA) is 86.6 Å². The molecule has 5 heteroatoms. The Bertz CT molecular complexity index is 403. The van der Waals surface area contributed by atoms with Gasteiger partial charge in [0.05, 0.1) is 0 Å². The maximum absolute atomic E-state index is 10.9. The molecular formula is C11H13NO4. The van der Waals surface area contributed by atoms with Crippen molar-refractivity contribution in [3.8, 4) is 5.75 Å². The van der Waals surface area contributed by atoms with Crippen LogP contribution in [-0.2, 0) is 16.0 Å². The smallest absolute Gasteiger partial charge is 0.326 e. The molecule has 1 aromatic carbocycles. The first-order valence-electron chi connectivity index (χ1n) is 4.77. The van der Waals surface area contributed by atoms with E-state index in [2.05, 4.69) is 5.32 Å². The van der Waals surface area contributed by atoms with Gasteiger partial charge in [-0.2, -0.15) is 0 Å². The Morgan fingerprint density at radius 3 is 2.50 bits per heavy atom. The van der Waals surface area contributed by atoms with Gasteiger partial charge < -0.3 is 15.5 Å². The number of rotatable bonds is 4. The van der Waals surface area contributed by atoms with Gasteiger partial charge in [0.1, 0.15) is 11.8 Å². The van der Waals surface area contributed by atoms with E-state index in [4.69, 9.17) is 5.11 Å². The summed E-state index contributed by atoms with van der Waals surface area (Å²) in [7, 11) is 0. The van der Waals surface area contributed by atoms with Crippen LogP contribution < -0.4 is 5.32 Å². The molecule has 0 unspecified atom stereocenters. The second kappa shape index (κ2) is 5.16. The van der Waals surface area contributed by atoms with Gasteiger partial charge in [-0.1, -0.05) is 18.2 Å². The average Bonchev–Trinajstić information content (AvgIpc) is 2.19. The fraction of sp³-hybridized carbons (Fsp3) is 0.273. The van der Waals surface area contributed by atoms with Crippen LogP contribution in [0.3, 0.4) is 0 Å². The predicted octanol–water partition coefficient (Wildman–Crippen LogP) is 0.524. The van der Waals surface area contributed by atoms with E-state index < -0.39 is 17.9 Å². The van der Waals surface area contributed by atoms with Gasteiger partial charge in [-0.15, -0.1) is 0 Å². The van der Waals surface area contributed by atoms with Crippen LogP contribution >= 0.6 is 0 Å². The second-order valence-electron chi connectivity index (χ2n) is 3.42. The first-order chi connectivity index (χ1) is 7.50. The number of phenols is 1. The molecule has 0 bridgehead atoms. The molecule has 1 aromatic rings. The SMILES string of the molecule is CC(=O)N[C@H](Cc1ccccc1O)C(=O)O. The molecule has 0 aromatic heterocycles. The molecule has 0 aliphatic rings. The Kier molecular flexibility index (Phi) is 3.88. The van der Waals surface area contributed by atoms with Gasteiger partial charge in [0.2, 0.25) is 5.91 Å². The van der Waals surface area contributed by atoms with Crippen LogP contribution in [0.25, 0.3) is 0 Å². The van der Waals surface area contributed by atoms with Crippen molar-refractivity contribution < 1.29 is 19.8 Å². The number of para-hydroxylation sites is 1. The minimum Gasteiger partial charge on any atom is -0.508 e. The number of nitrogens with one attached hydrogen (secondary N) is 1. The maximum Gasteiger partial charge on any atom is 0.326 e. The largest absolute Gasteiger partial charge is 0.508 e. The lowest BCUT2D eigenvalue weighted by Gasteiger charge is -2.13. The quantitative estimate of drug-likeness (QED) is 0.694. The summed E-state index contributed by atoms with van der Waals surface area (Å²) >= 11 is 0. The van der Waals surface area contributed by atoms with Crippen molar-refractivity contribution in [1.82, 2.24) is 5.32 Å². The molecule has 0 radical (unpaired) electrons.